The van der Waals surface area contributed by atoms with Crippen molar-refractivity contribution in [1.29, 1.82) is 0 Å². The molecule has 0 bridgehead atoms. The van der Waals surface area contributed by atoms with Gasteiger partial charge in [-0.15, -0.1) is 0 Å². The molecule has 2 N–H and O–H groups in total. The molecule has 0 saturated heterocycles. The lowest BCUT2D eigenvalue weighted by molar-refractivity contribution is -0.385. The molecule has 6 nitrogen and oxygen atoms in total. The van der Waals surface area contributed by atoms with Crippen LogP contribution in [0.1, 0.15) is 6.92 Å². The second-order valence-corrected chi connectivity index (χ2v) is 3.99. The second kappa shape index (κ2) is 5.92. The molecule has 6 heteroatoms. The van der Waals surface area contributed by atoms with E-state index in [1.807, 2.05) is 0 Å². The topological polar surface area (TPSA) is 87.6 Å². The Morgan fingerprint density at radius 2 is 1.95 bits per heavy atom. The normalized spacial score (nSPS) is 10.1. The largest absolute Gasteiger partial charge is 0.487 e. The number of hydrogen-bond acceptors (Lipinski definition) is 5. The minimum atomic E-state index is -0.491. The summed E-state index contributed by atoms with van der Waals surface area (Å²) in [5, 5.41) is 10.9. The van der Waals surface area contributed by atoms with Crippen molar-refractivity contribution in [3.63, 3.8) is 0 Å². The van der Waals surface area contributed by atoms with Crippen molar-refractivity contribution < 1.29 is 14.4 Å². The predicted octanol–water partition coefficient (Wildman–Crippen LogP) is 3.37. The molecular formula is C14H14N2O4. The van der Waals surface area contributed by atoms with E-state index in [4.69, 9.17) is 15.2 Å². The molecule has 20 heavy (non-hydrogen) atoms. The lowest BCUT2D eigenvalue weighted by atomic mass is 10.2. The van der Waals surface area contributed by atoms with Crippen LogP contribution in [0.4, 0.5) is 11.4 Å². The summed E-state index contributed by atoms with van der Waals surface area (Å²) in [5.41, 5.74) is 6.15. The fraction of sp³-hybridized carbons (Fsp3) is 0.143. The fourth-order valence-corrected chi connectivity index (χ4v) is 1.69. The van der Waals surface area contributed by atoms with Crippen LogP contribution < -0.4 is 15.2 Å². The zero-order valence-corrected chi connectivity index (χ0v) is 10.9. The smallest absolute Gasteiger partial charge is 0.311 e. The molecule has 2 aromatic rings. The number of benzene rings is 2. The average Bonchev–Trinajstić information content (AvgIpc) is 2.39. The van der Waals surface area contributed by atoms with Gasteiger partial charge in [-0.2, -0.15) is 0 Å². The number of nitrogens with two attached hydrogens (primary N) is 1. The number of nitro groups is 1. The van der Waals surface area contributed by atoms with Gasteiger partial charge in [0, 0.05) is 23.9 Å². The molecule has 0 radical (unpaired) electrons. The van der Waals surface area contributed by atoms with Gasteiger partial charge in [0.2, 0.25) is 5.75 Å². The molecule has 104 valence electrons. The highest BCUT2D eigenvalue weighted by Gasteiger charge is 2.16. The van der Waals surface area contributed by atoms with Crippen LogP contribution in [0.25, 0.3) is 0 Å². The Labute approximate surface area is 115 Å². The monoisotopic (exact) mass is 274 g/mol. The number of ether oxygens (including phenoxy) is 2. The van der Waals surface area contributed by atoms with Gasteiger partial charge in [0.25, 0.3) is 0 Å². The Bertz CT molecular complexity index is 628. The quantitative estimate of drug-likeness (QED) is 0.513. The van der Waals surface area contributed by atoms with Gasteiger partial charge >= 0.3 is 5.69 Å². The maximum Gasteiger partial charge on any atom is 0.311 e. The second-order valence-electron chi connectivity index (χ2n) is 3.99. The van der Waals surface area contributed by atoms with Crippen LogP contribution in [0.5, 0.6) is 17.2 Å². The molecule has 0 unspecified atom stereocenters. The third-order valence-electron chi connectivity index (χ3n) is 2.52. The first-order valence-electron chi connectivity index (χ1n) is 6.04. The van der Waals surface area contributed by atoms with Crippen LogP contribution in [-0.2, 0) is 0 Å². The maximum absolute atomic E-state index is 10.9. The van der Waals surface area contributed by atoms with Crippen molar-refractivity contribution in [2.24, 2.45) is 0 Å². The number of anilines is 1. The standard InChI is InChI=1S/C14H14N2O4/c1-2-19-14-9-12(6-7-13(14)16(17)18)20-11-5-3-4-10(15)8-11/h3-9H,2,15H2,1H3. The first kappa shape index (κ1) is 13.7. The van der Waals surface area contributed by atoms with Gasteiger partial charge in [-0.1, -0.05) is 6.07 Å². The zero-order chi connectivity index (χ0) is 14.5. The highest BCUT2D eigenvalue weighted by Crippen LogP contribution is 2.33. The minimum absolute atomic E-state index is 0.0909. The Morgan fingerprint density at radius 3 is 2.60 bits per heavy atom. The first-order chi connectivity index (χ1) is 9.60. The van der Waals surface area contributed by atoms with Gasteiger partial charge in [-0.25, -0.2) is 0 Å². The summed E-state index contributed by atoms with van der Waals surface area (Å²) in [6.07, 6.45) is 0. The van der Waals surface area contributed by atoms with E-state index >= 15 is 0 Å². The highest BCUT2D eigenvalue weighted by molar-refractivity contribution is 5.52. The van der Waals surface area contributed by atoms with Crippen molar-refractivity contribution >= 4 is 11.4 Å². The Balaban J connectivity index is 2.29. The van der Waals surface area contributed by atoms with E-state index in [-0.39, 0.29) is 11.4 Å². The summed E-state index contributed by atoms with van der Waals surface area (Å²) >= 11 is 0. The van der Waals surface area contributed by atoms with Gasteiger partial charge < -0.3 is 15.2 Å². The Morgan fingerprint density at radius 1 is 1.20 bits per heavy atom. The van der Waals surface area contributed by atoms with Crippen molar-refractivity contribution in [2.45, 2.75) is 6.92 Å². The van der Waals surface area contributed by atoms with Gasteiger partial charge in [0.05, 0.1) is 11.5 Å². The molecule has 2 aromatic carbocycles. The predicted molar refractivity (Wildman–Crippen MR) is 75.2 cm³/mol. The van der Waals surface area contributed by atoms with Crippen LogP contribution in [-0.4, -0.2) is 11.5 Å². The van der Waals surface area contributed by atoms with E-state index in [1.54, 1.807) is 31.2 Å². The van der Waals surface area contributed by atoms with Crippen LogP contribution in [0.15, 0.2) is 42.5 Å². The summed E-state index contributed by atoms with van der Waals surface area (Å²) in [7, 11) is 0. The fourth-order valence-electron chi connectivity index (χ4n) is 1.69. The van der Waals surface area contributed by atoms with Crippen LogP contribution in [0.3, 0.4) is 0 Å². The molecule has 0 aliphatic heterocycles. The molecular weight excluding hydrogens is 260 g/mol. The molecule has 2 rings (SSSR count). The SMILES string of the molecule is CCOc1cc(Oc2cccc(N)c2)ccc1[N+](=O)[O-]. The van der Waals surface area contributed by atoms with Gasteiger partial charge in [0.1, 0.15) is 11.5 Å². The van der Waals surface area contributed by atoms with E-state index < -0.39 is 4.92 Å². The highest BCUT2D eigenvalue weighted by atomic mass is 16.6. The molecule has 0 atom stereocenters. The molecule has 0 spiro atoms. The summed E-state index contributed by atoms with van der Waals surface area (Å²) < 4.78 is 10.9. The number of nitrogens with zero attached hydrogens (tertiary/aromatic N) is 1. The van der Waals surface area contributed by atoms with Gasteiger partial charge in [0.15, 0.2) is 0 Å². The minimum Gasteiger partial charge on any atom is -0.487 e. The van der Waals surface area contributed by atoms with Crippen LogP contribution >= 0.6 is 0 Å². The van der Waals surface area contributed by atoms with E-state index in [2.05, 4.69) is 0 Å². The molecule has 0 heterocycles. The number of hydrogen-bond donors (Lipinski definition) is 1. The molecule has 0 amide bonds. The van der Waals surface area contributed by atoms with Crippen molar-refractivity contribution in [3.8, 4) is 17.2 Å². The molecule has 0 aromatic heterocycles. The Kier molecular flexibility index (Phi) is 4.05. The van der Waals surface area contributed by atoms with E-state index in [0.29, 0.717) is 23.8 Å². The summed E-state index contributed by atoms with van der Waals surface area (Å²) in [6, 6.07) is 11.3. The van der Waals surface area contributed by atoms with Crippen molar-refractivity contribution in [2.75, 3.05) is 12.3 Å². The third-order valence-corrected chi connectivity index (χ3v) is 2.52. The van der Waals surface area contributed by atoms with Gasteiger partial charge in [-0.3, -0.25) is 10.1 Å². The van der Waals surface area contributed by atoms with Gasteiger partial charge in [-0.05, 0) is 25.1 Å². The van der Waals surface area contributed by atoms with Crippen molar-refractivity contribution in [1.82, 2.24) is 0 Å². The zero-order valence-electron chi connectivity index (χ0n) is 10.9. The maximum atomic E-state index is 10.9. The van der Waals surface area contributed by atoms with E-state index in [1.165, 1.54) is 18.2 Å². The lowest BCUT2D eigenvalue weighted by Gasteiger charge is -2.09. The van der Waals surface area contributed by atoms with Crippen LogP contribution in [0.2, 0.25) is 0 Å². The molecule has 0 aliphatic rings. The summed E-state index contributed by atoms with van der Waals surface area (Å²) in [5.74, 6) is 1.19. The first-order valence-corrected chi connectivity index (χ1v) is 6.04. The van der Waals surface area contributed by atoms with E-state index in [9.17, 15) is 10.1 Å². The molecule has 0 saturated carbocycles. The number of rotatable bonds is 5. The number of nitrogen functional groups attached to an aromatic ring is 1. The lowest BCUT2D eigenvalue weighted by Crippen LogP contribution is -1.98. The third kappa shape index (κ3) is 3.17. The summed E-state index contributed by atoms with van der Waals surface area (Å²) in [6.45, 7) is 2.09. The Hall–Kier alpha value is -2.76. The van der Waals surface area contributed by atoms with Crippen LogP contribution in [0, 0.1) is 10.1 Å². The average molecular weight is 274 g/mol. The molecule has 0 fully saturated rings. The van der Waals surface area contributed by atoms with Crippen molar-refractivity contribution in [3.05, 3.63) is 52.6 Å². The van der Waals surface area contributed by atoms with E-state index in [0.717, 1.165) is 0 Å². The summed E-state index contributed by atoms with van der Waals surface area (Å²) in [4.78, 5) is 10.4. The molecule has 0 aliphatic carbocycles. The number of nitro benzene ring substituents is 1.